The minimum absolute atomic E-state index is 0.144. The molecule has 0 spiro atoms. The molecule has 0 aromatic heterocycles. The molecule has 15 heavy (non-hydrogen) atoms. The van der Waals surface area contributed by atoms with Gasteiger partial charge in [0.25, 0.3) is 0 Å². The summed E-state index contributed by atoms with van der Waals surface area (Å²) in [5, 5.41) is 0. The van der Waals surface area contributed by atoms with Crippen molar-refractivity contribution in [3.05, 3.63) is 35.4 Å². The van der Waals surface area contributed by atoms with Crippen LogP contribution in [-0.4, -0.2) is 5.91 Å². The Morgan fingerprint density at radius 3 is 2.13 bits per heavy atom. The highest BCUT2D eigenvalue weighted by molar-refractivity contribution is 5.73. The van der Waals surface area contributed by atoms with Gasteiger partial charge in [0.1, 0.15) is 0 Å². The summed E-state index contributed by atoms with van der Waals surface area (Å²) in [6.45, 7) is 0. The molecule has 0 saturated carbocycles. The van der Waals surface area contributed by atoms with Gasteiger partial charge in [-0.2, -0.15) is 13.2 Å². The van der Waals surface area contributed by atoms with Crippen LogP contribution in [0.15, 0.2) is 24.3 Å². The van der Waals surface area contributed by atoms with Gasteiger partial charge in [0, 0.05) is 6.42 Å². The van der Waals surface area contributed by atoms with Gasteiger partial charge in [-0.15, -0.1) is 0 Å². The highest BCUT2D eigenvalue weighted by Gasteiger charge is 2.29. The first-order chi connectivity index (χ1) is 6.89. The van der Waals surface area contributed by atoms with Crippen molar-refractivity contribution >= 4 is 5.91 Å². The predicted molar refractivity (Wildman–Crippen MR) is 49.0 cm³/mol. The van der Waals surface area contributed by atoms with Crippen LogP contribution in [0.25, 0.3) is 0 Å². The number of rotatable bonds is 3. The minimum atomic E-state index is -4.32. The Bertz CT molecular complexity index is 343. The number of carbonyl (C=O) groups excluding carboxylic acids is 1. The van der Waals surface area contributed by atoms with Crippen LogP contribution in [0.3, 0.4) is 0 Å². The first-order valence-electron chi connectivity index (χ1n) is 4.34. The fourth-order valence-electron chi connectivity index (χ4n) is 1.13. The molecule has 1 aromatic carbocycles. The molecule has 0 saturated heterocycles. The summed E-state index contributed by atoms with van der Waals surface area (Å²) in [6, 6.07) is 4.70. The zero-order chi connectivity index (χ0) is 11.5. The van der Waals surface area contributed by atoms with Crippen LogP contribution >= 0.6 is 0 Å². The molecule has 0 atom stereocenters. The maximum absolute atomic E-state index is 12.2. The van der Waals surface area contributed by atoms with Crippen molar-refractivity contribution < 1.29 is 18.0 Å². The standard InChI is InChI=1S/C10H10F3NO/c11-10(12,13)8-4-1-7(2-5-8)3-6-9(14)15/h1-2,4-5H,3,6H2,(H2,14,15). The maximum Gasteiger partial charge on any atom is 0.416 e. The number of hydrogen-bond acceptors (Lipinski definition) is 1. The first kappa shape index (κ1) is 11.6. The van der Waals surface area contributed by atoms with Gasteiger partial charge in [-0.1, -0.05) is 12.1 Å². The lowest BCUT2D eigenvalue weighted by atomic mass is 10.1. The number of aryl methyl sites for hydroxylation is 1. The smallest absolute Gasteiger partial charge is 0.370 e. The highest BCUT2D eigenvalue weighted by Crippen LogP contribution is 2.29. The van der Waals surface area contributed by atoms with Crippen molar-refractivity contribution in [3.8, 4) is 0 Å². The Balaban J connectivity index is 2.69. The lowest BCUT2D eigenvalue weighted by molar-refractivity contribution is -0.137. The fourth-order valence-corrected chi connectivity index (χ4v) is 1.13. The molecule has 2 nitrogen and oxygen atoms in total. The Kier molecular flexibility index (Phi) is 3.34. The summed E-state index contributed by atoms with van der Waals surface area (Å²) in [4.78, 5) is 10.4. The summed E-state index contributed by atoms with van der Waals surface area (Å²) in [5.41, 5.74) is 4.90. The summed E-state index contributed by atoms with van der Waals surface area (Å²) < 4.78 is 36.5. The van der Waals surface area contributed by atoms with E-state index in [1.54, 1.807) is 0 Å². The van der Waals surface area contributed by atoms with E-state index in [0.717, 1.165) is 12.1 Å². The molecule has 1 aromatic rings. The van der Waals surface area contributed by atoms with Crippen LogP contribution in [-0.2, 0) is 17.4 Å². The zero-order valence-corrected chi connectivity index (χ0v) is 7.84. The maximum atomic E-state index is 12.2. The van der Waals surface area contributed by atoms with Gasteiger partial charge < -0.3 is 5.73 Å². The lowest BCUT2D eigenvalue weighted by Gasteiger charge is -2.06. The molecule has 0 unspecified atom stereocenters. The summed E-state index contributed by atoms with van der Waals surface area (Å²) in [7, 11) is 0. The summed E-state index contributed by atoms with van der Waals surface area (Å²) >= 11 is 0. The Morgan fingerprint density at radius 1 is 1.20 bits per heavy atom. The Labute approximate surface area is 84.9 Å². The van der Waals surface area contributed by atoms with E-state index in [1.165, 1.54) is 12.1 Å². The Morgan fingerprint density at radius 2 is 1.73 bits per heavy atom. The highest BCUT2D eigenvalue weighted by atomic mass is 19.4. The van der Waals surface area contributed by atoms with Gasteiger partial charge in [0.05, 0.1) is 5.56 Å². The van der Waals surface area contributed by atoms with E-state index >= 15 is 0 Å². The predicted octanol–water partition coefficient (Wildman–Crippen LogP) is 2.12. The average Bonchev–Trinajstić information content (AvgIpc) is 2.14. The van der Waals surface area contributed by atoms with Gasteiger partial charge in [0.15, 0.2) is 0 Å². The monoisotopic (exact) mass is 217 g/mol. The second-order valence-corrected chi connectivity index (χ2v) is 3.16. The summed E-state index contributed by atoms with van der Waals surface area (Å²) in [5.74, 6) is -0.463. The van der Waals surface area contributed by atoms with Crippen molar-refractivity contribution in [3.63, 3.8) is 0 Å². The van der Waals surface area contributed by atoms with E-state index in [4.69, 9.17) is 5.73 Å². The van der Waals surface area contributed by atoms with Crippen LogP contribution in [0.4, 0.5) is 13.2 Å². The molecule has 0 fully saturated rings. The summed E-state index contributed by atoms with van der Waals surface area (Å²) in [6.07, 6.45) is -3.80. The normalized spacial score (nSPS) is 11.4. The molecule has 2 N–H and O–H groups in total. The number of nitrogens with two attached hydrogens (primary N) is 1. The van der Waals surface area contributed by atoms with Crippen LogP contribution in [0.5, 0.6) is 0 Å². The van der Waals surface area contributed by atoms with Gasteiger partial charge in [-0.25, -0.2) is 0 Å². The van der Waals surface area contributed by atoms with E-state index in [1.807, 2.05) is 0 Å². The molecule has 5 heteroatoms. The molecule has 0 aliphatic carbocycles. The number of benzene rings is 1. The van der Waals surface area contributed by atoms with Crippen molar-refractivity contribution in [1.29, 1.82) is 0 Å². The van der Waals surface area contributed by atoms with Crippen LogP contribution in [0.1, 0.15) is 17.5 Å². The Hall–Kier alpha value is -1.52. The third kappa shape index (κ3) is 3.61. The number of alkyl halides is 3. The second-order valence-electron chi connectivity index (χ2n) is 3.16. The van der Waals surface area contributed by atoms with Crippen molar-refractivity contribution in [2.45, 2.75) is 19.0 Å². The topological polar surface area (TPSA) is 43.1 Å². The molecule has 1 amide bonds. The van der Waals surface area contributed by atoms with Gasteiger partial charge >= 0.3 is 6.18 Å². The van der Waals surface area contributed by atoms with Crippen LogP contribution in [0.2, 0.25) is 0 Å². The quantitative estimate of drug-likeness (QED) is 0.827. The molecule has 82 valence electrons. The molecular weight excluding hydrogens is 207 g/mol. The third-order valence-corrected chi connectivity index (χ3v) is 1.94. The van der Waals surface area contributed by atoms with Gasteiger partial charge in [0.2, 0.25) is 5.91 Å². The van der Waals surface area contributed by atoms with E-state index in [9.17, 15) is 18.0 Å². The van der Waals surface area contributed by atoms with E-state index in [2.05, 4.69) is 0 Å². The molecule has 0 radical (unpaired) electrons. The number of amides is 1. The van der Waals surface area contributed by atoms with Crippen LogP contribution < -0.4 is 5.73 Å². The van der Waals surface area contributed by atoms with Crippen molar-refractivity contribution in [2.75, 3.05) is 0 Å². The number of carbonyl (C=O) groups is 1. The van der Waals surface area contributed by atoms with E-state index < -0.39 is 17.6 Å². The average molecular weight is 217 g/mol. The number of halogens is 3. The minimum Gasteiger partial charge on any atom is -0.370 e. The molecule has 0 heterocycles. The number of primary amides is 1. The second kappa shape index (κ2) is 4.33. The number of hydrogen-bond donors (Lipinski definition) is 1. The third-order valence-electron chi connectivity index (χ3n) is 1.94. The van der Waals surface area contributed by atoms with Gasteiger partial charge in [-0.3, -0.25) is 4.79 Å². The molecule has 0 aliphatic heterocycles. The molecule has 0 bridgehead atoms. The lowest BCUT2D eigenvalue weighted by Crippen LogP contribution is -2.11. The molecule has 1 rings (SSSR count). The van der Waals surface area contributed by atoms with Crippen LogP contribution in [0, 0.1) is 0 Å². The molecular formula is C10H10F3NO. The molecule has 0 aliphatic rings. The zero-order valence-electron chi connectivity index (χ0n) is 7.84. The fraction of sp³-hybridized carbons (Fsp3) is 0.300. The van der Waals surface area contributed by atoms with Crippen molar-refractivity contribution in [2.24, 2.45) is 5.73 Å². The first-order valence-corrected chi connectivity index (χ1v) is 4.34. The SMILES string of the molecule is NC(=O)CCc1ccc(C(F)(F)F)cc1. The van der Waals surface area contributed by atoms with E-state index in [-0.39, 0.29) is 6.42 Å². The van der Waals surface area contributed by atoms with Crippen molar-refractivity contribution in [1.82, 2.24) is 0 Å². The largest absolute Gasteiger partial charge is 0.416 e. The van der Waals surface area contributed by atoms with E-state index in [0.29, 0.717) is 12.0 Å². The van der Waals surface area contributed by atoms with Gasteiger partial charge in [-0.05, 0) is 24.1 Å².